The Balaban J connectivity index is 1.44. The van der Waals surface area contributed by atoms with Crippen LogP contribution in [0.5, 0.6) is 0 Å². The fourth-order valence-electron chi connectivity index (χ4n) is 3.75. The lowest BCUT2D eigenvalue weighted by atomic mass is 9.98. The van der Waals surface area contributed by atoms with Crippen LogP contribution in [0, 0.1) is 5.92 Å². The number of rotatable bonds is 10. The maximum absolute atomic E-state index is 12.9. The Labute approximate surface area is 199 Å². The van der Waals surface area contributed by atoms with Gasteiger partial charge in [-0.1, -0.05) is 30.3 Å². The zero-order valence-electron chi connectivity index (χ0n) is 19.1. The van der Waals surface area contributed by atoms with Gasteiger partial charge in [0.15, 0.2) is 5.78 Å². The summed E-state index contributed by atoms with van der Waals surface area (Å²) in [5.41, 5.74) is 0.922. The number of piperidine rings is 1. The number of ketones is 1. The van der Waals surface area contributed by atoms with Crippen LogP contribution in [-0.4, -0.2) is 56.7 Å². The predicted octanol–water partition coefficient (Wildman–Crippen LogP) is 3.47. The Morgan fingerprint density at radius 1 is 0.912 bits per heavy atom. The molecule has 9 heteroatoms. The van der Waals surface area contributed by atoms with Crippen molar-refractivity contribution in [3.05, 3.63) is 65.7 Å². The van der Waals surface area contributed by atoms with Gasteiger partial charge in [0.2, 0.25) is 10.0 Å². The smallest absolute Gasteiger partial charge is 0.338 e. The first-order valence-corrected chi connectivity index (χ1v) is 12.8. The van der Waals surface area contributed by atoms with E-state index < -0.39 is 16.0 Å². The van der Waals surface area contributed by atoms with Crippen molar-refractivity contribution in [3.63, 3.8) is 0 Å². The summed E-state index contributed by atoms with van der Waals surface area (Å²) in [5.74, 6) is -1.23. The minimum absolute atomic E-state index is 0.00505. The van der Waals surface area contributed by atoms with E-state index in [2.05, 4.69) is 0 Å². The van der Waals surface area contributed by atoms with Crippen LogP contribution in [0.2, 0.25) is 0 Å². The molecule has 0 aromatic heterocycles. The van der Waals surface area contributed by atoms with Crippen molar-refractivity contribution in [2.24, 2.45) is 5.92 Å². The van der Waals surface area contributed by atoms with Crippen molar-refractivity contribution in [3.8, 4) is 0 Å². The number of hydrogen-bond donors (Lipinski definition) is 0. The van der Waals surface area contributed by atoms with Gasteiger partial charge in [-0.3, -0.25) is 9.59 Å². The number of benzene rings is 2. The van der Waals surface area contributed by atoms with E-state index >= 15 is 0 Å². The summed E-state index contributed by atoms with van der Waals surface area (Å²) < 4.78 is 37.4. The number of hydrogen-bond acceptors (Lipinski definition) is 7. The van der Waals surface area contributed by atoms with E-state index in [4.69, 9.17) is 9.47 Å². The quantitative estimate of drug-likeness (QED) is 0.287. The molecule has 0 radical (unpaired) electrons. The average molecular weight is 488 g/mol. The van der Waals surface area contributed by atoms with E-state index in [9.17, 15) is 22.8 Å². The van der Waals surface area contributed by atoms with Gasteiger partial charge in [0, 0.05) is 25.1 Å². The van der Waals surface area contributed by atoms with E-state index in [-0.39, 0.29) is 54.4 Å². The van der Waals surface area contributed by atoms with Gasteiger partial charge in [-0.2, -0.15) is 4.31 Å². The summed E-state index contributed by atoms with van der Waals surface area (Å²) >= 11 is 0. The molecule has 8 nitrogen and oxygen atoms in total. The highest BCUT2D eigenvalue weighted by atomic mass is 32.2. The number of nitrogens with zero attached hydrogens (tertiary/aromatic N) is 1. The molecule has 1 fully saturated rings. The van der Waals surface area contributed by atoms with Gasteiger partial charge in [-0.05, 0) is 50.5 Å². The first kappa shape index (κ1) is 25.6. The van der Waals surface area contributed by atoms with Crippen molar-refractivity contribution < 1.29 is 32.3 Å². The molecule has 0 unspecified atom stereocenters. The van der Waals surface area contributed by atoms with E-state index in [0.717, 1.165) is 0 Å². The van der Waals surface area contributed by atoms with Gasteiger partial charge in [-0.25, -0.2) is 13.2 Å². The van der Waals surface area contributed by atoms with Crippen LogP contribution in [0.3, 0.4) is 0 Å². The first-order chi connectivity index (χ1) is 16.3. The highest BCUT2D eigenvalue weighted by Gasteiger charge is 2.32. The Hall–Kier alpha value is -3.04. The molecule has 1 aliphatic heterocycles. The molecular formula is C25H29NO7S. The average Bonchev–Trinajstić information content (AvgIpc) is 2.87. The SMILES string of the molecule is CCOC(=O)c1ccc(S(=O)(=O)N2CCC(C(=O)OCCCC(=O)c3ccccc3)CC2)cc1. The van der Waals surface area contributed by atoms with Crippen molar-refractivity contribution in [1.29, 1.82) is 0 Å². The van der Waals surface area contributed by atoms with Crippen LogP contribution in [0.1, 0.15) is 53.3 Å². The van der Waals surface area contributed by atoms with Gasteiger partial charge in [0.25, 0.3) is 0 Å². The summed E-state index contributed by atoms with van der Waals surface area (Å²) in [5, 5.41) is 0. The monoisotopic (exact) mass is 487 g/mol. The number of carbonyl (C=O) groups is 3. The molecule has 2 aromatic rings. The second-order valence-electron chi connectivity index (χ2n) is 7.98. The Kier molecular flexibility index (Phi) is 8.95. The van der Waals surface area contributed by atoms with Gasteiger partial charge in [-0.15, -0.1) is 0 Å². The Morgan fingerprint density at radius 2 is 1.56 bits per heavy atom. The van der Waals surface area contributed by atoms with Crippen molar-refractivity contribution >= 4 is 27.7 Å². The van der Waals surface area contributed by atoms with Crippen LogP contribution in [0.4, 0.5) is 0 Å². The molecule has 0 N–H and O–H groups in total. The number of esters is 2. The topological polar surface area (TPSA) is 107 Å². The fraction of sp³-hybridized carbons (Fsp3) is 0.400. The second kappa shape index (κ2) is 11.9. The zero-order valence-corrected chi connectivity index (χ0v) is 20.0. The molecule has 1 aliphatic rings. The maximum atomic E-state index is 12.9. The van der Waals surface area contributed by atoms with E-state index in [1.54, 1.807) is 31.2 Å². The van der Waals surface area contributed by atoms with Crippen LogP contribution in [-0.2, 0) is 24.3 Å². The molecule has 1 saturated heterocycles. The minimum atomic E-state index is -3.73. The Morgan fingerprint density at radius 3 is 2.18 bits per heavy atom. The third-order valence-electron chi connectivity index (χ3n) is 5.68. The largest absolute Gasteiger partial charge is 0.465 e. The van der Waals surface area contributed by atoms with Crippen LogP contribution >= 0.6 is 0 Å². The predicted molar refractivity (Wildman–Crippen MR) is 125 cm³/mol. The highest BCUT2D eigenvalue weighted by Crippen LogP contribution is 2.25. The number of Topliss-reactive ketones (excluding diaryl/α,β-unsaturated/α-hetero) is 1. The van der Waals surface area contributed by atoms with Crippen molar-refractivity contribution in [2.45, 2.75) is 37.5 Å². The zero-order chi connectivity index (χ0) is 24.6. The summed E-state index contributed by atoms with van der Waals surface area (Å²) in [4.78, 5) is 36.3. The summed E-state index contributed by atoms with van der Waals surface area (Å²) in [6.45, 7) is 2.50. The van der Waals surface area contributed by atoms with Crippen LogP contribution in [0.15, 0.2) is 59.5 Å². The molecule has 1 heterocycles. The van der Waals surface area contributed by atoms with Crippen LogP contribution in [0.25, 0.3) is 0 Å². The molecule has 34 heavy (non-hydrogen) atoms. The molecule has 0 atom stereocenters. The molecule has 0 aliphatic carbocycles. The van der Waals surface area contributed by atoms with E-state index in [1.807, 2.05) is 6.07 Å². The third-order valence-corrected chi connectivity index (χ3v) is 7.59. The van der Waals surface area contributed by atoms with E-state index in [1.165, 1.54) is 28.6 Å². The molecule has 182 valence electrons. The van der Waals surface area contributed by atoms with Gasteiger partial charge >= 0.3 is 11.9 Å². The van der Waals surface area contributed by atoms with E-state index in [0.29, 0.717) is 31.2 Å². The summed E-state index contributed by atoms with van der Waals surface area (Å²) in [6.07, 6.45) is 1.46. The lowest BCUT2D eigenvalue weighted by molar-refractivity contribution is -0.149. The highest BCUT2D eigenvalue weighted by molar-refractivity contribution is 7.89. The number of sulfonamides is 1. The minimum Gasteiger partial charge on any atom is -0.465 e. The van der Waals surface area contributed by atoms with Gasteiger partial charge in [0.1, 0.15) is 0 Å². The molecule has 0 bridgehead atoms. The lowest BCUT2D eigenvalue weighted by Crippen LogP contribution is -2.40. The van der Waals surface area contributed by atoms with Crippen LogP contribution < -0.4 is 0 Å². The summed E-state index contributed by atoms with van der Waals surface area (Å²) in [7, 11) is -3.73. The summed E-state index contributed by atoms with van der Waals surface area (Å²) in [6, 6.07) is 14.6. The fourth-order valence-corrected chi connectivity index (χ4v) is 5.22. The molecular weight excluding hydrogens is 458 g/mol. The molecule has 2 aromatic carbocycles. The third kappa shape index (κ3) is 6.51. The normalized spacial score (nSPS) is 15.0. The van der Waals surface area contributed by atoms with Gasteiger partial charge in [0.05, 0.1) is 29.6 Å². The standard InChI is InChI=1S/C25H29NO7S/c1-2-32-24(28)20-10-12-22(13-11-20)34(30,31)26-16-14-21(15-17-26)25(29)33-18-6-9-23(27)19-7-4-3-5-8-19/h3-5,7-8,10-13,21H,2,6,9,14-18H2,1H3. The molecule has 0 amide bonds. The lowest BCUT2D eigenvalue weighted by Gasteiger charge is -2.30. The number of ether oxygens (including phenoxy) is 2. The second-order valence-corrected chi connectivity index (χ2v) is 9.92. The maximum Gasteiger partial charge on any atom is 0.338 e. The van der Waals surface area contributed by atoms with Crippen molar-refractivity contribution in [2.75, 3.05) is 26.3 Å². The first-order valence-electron chi connectivity index (χ1n) is 11.3. The molecule has 0 spiro atoms. The van der Waals surface area contributed by atoms with Gasteiger partial charge < -0.3 is 9.47 Å². The van der Waals surface area contributed by atoms with Crippen molar-refractivity contribution in [1.82, 2.24) is 4.31 Å². The Bertz CT molecular complexity index is 1090. The molecule has 3 rings (SSSR count). The molecule has 0 saturated carbocycles. The number of carbonyl (C=O) groups excluding carboxylic acids is 3.